The molecule has 0 amide bonds. The predicted molar refractivity (Wildman–Crippen MR) is 149 cm³/mol. The van der Waals surface area contributed by atoms with Gasteiger partial charge in [0.15, 0.2) is 5.78 Å². The topological polar surface area (TPSA) is 72.8 Å². The van der Waals surface area contributed by atoms with Crippen LogP contribution in [0, 0.1) is 5.92 Å². The lowest BCUT2D eigenvalue weighted by atomic mass is 9.86. The lowest BCUT2D eigenvalue weighted by Crippen LogP contribution is -2.29. The van der Waals surface area contributed by atoms with Crippen molar-refractivity contribution in [1.82, 2.24) is 0 Å². The minimum Gasteiger partial charge on any atom is -0.507 e. The van der Waals surface area contributed by atoms with Gasteiger partial charge in [-0.05, 0) is 69.8 Å². The predicted octanol–water partition coefficient (Wildman–Crippen LogP) is 6.74. The highest BCUT2D eigenvalue weighted by Gasteiger charge is 2.44. The van der Waals surface area contributed by atoms with Gasteiger partial charge in [0.25, 0.3) is 0 Å². The van der Waals surface area contributed by atoms with E-state index >= 15 is 0 Å². The molecule has 5 nitrogen and oxygen atoms in total. The average Bonchev–Trinajstić information content (AvgIpc) is 3.19. The van der Waals surface area contributed by atoms with Crippen molar-refractivity contribution in [1.29, 1.82) is 0 Å². The van der Waals surface area contributed by atoms with Crippen molar-refractivity contribution in [3.8, 4) is 11.5 Å². The summed E-state index contributed by atoms with van der Waals surface area (Å²) < 4.78 is 11.5. The molecule has 1 spiro atoms. The van der Waals surface area contributed by atoms with Crippen LogP contribution in [0.5, 0.6) is 11.5 Å². The summed E-state index contributed by atoms with van der Waals surface area (Å²) in [6, 6.07) is 3.48. The van der Waals surface area contributed by atoms with Crippen LogP contribution in [0.3, 0.4) is 0 Å². The number of aromatic hydroxyl groups is 1. The molecule has 8 heteroatoms. The second-order valence-corrected chi connectivity index (χ2v) is 14.0. The van der Waals surface area contributed by atoms with E-state index in [1.54, 1.807) is 6.07 Å². The second kappa shape index (κ2) is 14.1. The molecular weight excluding hydrogens is 500 g/mol. The minimum atomic E-state index is -0.129. The third-order valence-electron chi connectivity index (χ3n) is 6.56. The first kappa shape index (κ1) is 28.6. The maximum atomic E-state index is 11.9. The molecule has 1 aromatic carbocycles. The average molecular weight is 541 g/mol. The van der Waals surface area contributed by atoms with Crippen LogP contribution >= 0.6 is 35.3 Å². The van der Waals surface area contributed by atoms with Gasteiger partial charge in [-0.15, -0.1) is 23.5 Å². The monoisotopic (exact) mass is 540 g/mol. The van der Waals surface area contributed by atoms with E-state index in [9.17, 15) is 14.7 Å². The first-order chi connectivity index (χ1) is 16.9. The molecule has 1 N–H and O–H groups in total. The Bertz CT molecular complexity index is 861. The van der Waals surface area contributed by atoms with Gasteiger partial charge in [0, 0.05) is 28.7 Å². The molecule has 2 aliphatic rings. The van der Waals surface area contributed by atoms with Crippen molar-refractivity contribution in [2.45, 2.75) is 81.5 Å². The maximum absolute atomic E-state index is 11.9. The normalized spacial score (nSPS) is 24.0. The fourth-order valence-electron chi connectivity index (χ4n) is 4.96. The molecule has 3 rings (SSSR count). The third kappa shape index (κ3) is 8.26. The number of ether oxygens (including phenoxy) is 2. The lowest BCUT2D eigenvalue weighted by molar-refractivity contribution is -0.144. The second-order valence-electron chi connectivity index (χ2n) is 9.45. The Morgan fingerprint density at radius 3 is 2.86 bits per heavy atom. The number of rotatable bonds is 13. The summed E-state index contributed by atoms with van der Waals surface area (Å²) in [5.41, 5.74) is 1.11. The fraction of sp³-hybridized carbons (Fsp3) is 0.704. The molecule has 1 saturated heterocycles. The van der Waals surface area contributed by atoms with Crippen molar-refractivity contribution < 1.29 is 24.2 Å². The van der Waals surface area contributed by atoms with E-state index < -0.39 is 0 Å². The van der Waals surface area contributed by atoms with Crippen LogP contribution in [0.2, 0.25) is 0 Å². The van der Waals surface area contributed by atoms with Crippen molar-refractivity contribution in [2.75, 3.05) is 30.5 Å². The molecule has 0 aromatic heterocycles. The standard InChI is InChI=1S/C27H40O5S3/c1-4-8-23-24(11-10-22(19(3)28)26(23)30)32-13-7-14-33-17-21-18-34-27(35-21)12-6-9-20(16-27)15-25(29)31-5-2/h10-11,20-21,30H,4-9,12-18H2,1-3H3. The van der Waals surface area contributed by atoms with Crippen molar-refractivity contribution in [3.05, 3.63) is 23.3 Å². The van der Waals surface area contributed by atoms with Crippen LogP contribution < -0.4 is 4.74 Å². The number of esters is 1. The number of hydrogen-bond donors (Lipinski definition) is 1. The highest BCUT2D eigenvalue weighted by molar-refractivity contribution is 8.22. The summed E-state index contributed by atoms with van der Waals surface area (Å²) in [6.07, 6.45) is 7.84. The Morgan fingerprint density at radius 2 is 2.11 bits per heavy atom. The molecule has 3 unspecified atom stereocenters. The van der Waals surface area contributed by atoms with E-state index in [4.69, 9.17) is 9.47 Å². The first-order valence-corrected chi connectivity index (χ1v) is 15.9. The number of Topliss-reactive ketones (excluding diaryl/α,β-unsaturated/α-hetero) is 1. The number of hydrogen-bond acceptors (Lipinski definition) is 8. The molecule has 1 aliphatic carbocycles. The molecule has 0 bridgehead atoms. The van der Waals surface area contributed by atoms with E-state index in [2.05, 4.69) is 30.4 Å². The molecule has 3 atom stereocenters. The maximum Gasteiger partial charge on any atom is 0.306 e. The Hall–Kier alpha value is -0.990. The zero-order chi connectivity index (χ0) is 25.3. The zero-order valence-electron chi connectivity index (χ0n) is 21.3. The number of thioether (sulfide) groups is 3. The zero-order valence-corrected chi connectivity index (χ0v) is 23.8. The summed E-state index contributed by atoms with van der Waals surface area (Å²) in [5.74, 6) is 4.45. The van der Waals surface area contributed by atoms with Gasteiger partial charge in [0.05, 0.1) is 22.9 Å². The number of ketones is 1. The lowest BCUT2D eigenvalue weighted by Gasteiger charge is -2.36. The van der Waals surface area contributed by atoms with Crippen molar-refractivity contribution >= 4 is 47.0 Å². The Labute approximate surface area is 223 Å². The van der Waals surface area contributed by atoms with Gasteiger partial charge < -0.3 is 14.6 Å². The smallest absolute Gasteiger partial charge is 0.306 e. The number of phenols is 1. The van der Waals surface area contributed by atoms with Crippen LogP contribution in [0.1, 0.15) is 81.6 Å². The quantitative estimate of drug-likeness (QED) is 0.168. The molecule has 1 heterocycles. The van der Waals surface area contributed by atoms with Crippen LogP contribution in [0.15, 0.2) is 12.1 Å². The third-order valence-corrected chi connectivity index (χ3v) is 11.8. The van der Waals surface area contributed by atoms with Gasteiger partial charge in [-0.2, -0.15) is 11.8 Å². The molecule has 1 aromatic rings. The van der Waals surface area contributed by atoms with E-state index in [0.29, 0.717) is 52.6 Å². The van der Waals surface area contributed by atoms with Crippen LogP contribution in [-0.4, -0.2) is 56.7 Å². The van der Waals surface area contributed by atoms with Crippen LogP contribution in [0.4, 0.5) is 0 Å². The number of carbonyl (C=O) groups is 2. The van der Waals surface area contributed by atoms with Gasteiger partial charge in [-0.25, -0.2) is 0 Å². The number of carbonyl (C=O) groups excluding carboxylic acids is 2. The Morgan fingerprint density at radius 1 is 1.29 bits per heavy atom. The molecule has 1 saturated carbocycles. The Balaban J connectivity index is 1.37. The number of phenolic OH excluding ortho intramolecular Hbond substituents is 1. The van der Waals surface area contributed by atoms with Gasteiger partial charge >= 0.3 is 5.97 Å². The molecule has 1 aliphatic heterocycles. The fourth-order valence-corrected chi connectivity index (χ4v) is 10.3. The number of benzene rings is 1. The first-order valence-electron chi connectivity index (χ1n) is 12.9. The van der Waals surface area contributed by atoms with Gasteiger partial charge in [-0.3, -0.25) is 9.59 Å². The molecule has 196 valence electrons. The minimum absolute atomic E-state index is 0.0382. The van der Waals surface area contributed by atoms with E-state index in [-0.39, 0.29) is 17.5 Å². The van der Waals surface area contributed by atoms with E-state index in [1.807, 2.05) is 24.8 Å². The summed E-state index contributed by atoms with van der Waals surface area (Å²) in [6.45, 7) is 6.48. The van der Waals surface area contributed by atoms with Crippen molar-refractivity contribution in [3.63, 3.8) is 0 Å². The van der Waals surface area contributed by atoms with Gasteiger partial charge in [-0.1, -0.05) is 19.8 Å². The SMILES string of the molecule is CCCc1c(OCCCSCC2CSC3(CCCC(CC(=O)OCC)C3)S2)ccc(C(C)=O)c1O. The molecular formula is C27H40O5S3. The van der Waals surface area contributed by atoms with E-state index in [1.165, 1.54) is 25.5 Å². The summed E-state index contributed by atoms with van der Waals surface area (Å²) in [5, 5.41) is 11.2. The van der Waals surface area contributed by atoms with Gasteiger partial charge in [0.1, 0.15) is 11.5 Å². The highest BCUT2D eigenvalue weighted by atomic mass is 32.2. The van der Waals surface area contributed by atoms with Crippen molar-refractivity contribution in [2.24, 2.45) is 5.92 Å². The Kier molecular flexibility index (Phi) is 11.5. The summed E-state index contributed by atoms with van der Waals surface area (Å²) >= 11 is 6.27. The van der Waals surface area contributed by atoms with Crippen LogP contribution in [-0.2, 0) is 16.0 Å². The largest absolute Gasteiger partial charge is 0.507 e. The summed E-state index contributed by atoms with van der Waals surface area (Å²) in [7, 11) is 0. The van der Waals surface area contributed by atoms with Gasteiger partial charge in [0.2, 0.25) is 0 Å². The molecule has 0 radical (unpaired) electrons. The summed E-state index contributed by atoms with van der Waals surface area (Å²) in [4.78, 5) is 23.7. The molecule has 35 heavy (non-hydrogen) atoms. The van der Waals surface area contributed by atoms with E-state index in [0.717, 1.165) is 42.8 Å². The highest BCUT2D eigenvalue weighted by Crippen LogP contribution is 2.57. The van der Waals surface area contributed by atoms with Crippen LogP contribution in [0.25, 0.3) is 0 Å². The molecule has 2 fully saturated rings.